The van der Waals surface area contributed by atoms with Crippen molar-refractivity contribution in [3.63, 3.8) is 0 Å². The summed E-state index contributed by atoms with van der Waals surface area (Å²) in [6.07, 6.45) is 8.59. The van der Waals surface area contributed by atoms with Crippen molar-refractivity contribution >= 4 is 17.7 Å². The van der Waals surface area contributed by atoms with E-state index in [2.05, 4.69) is 45.3 Å². The lowest BCUT2D eigenvalue weighted by Gasteiger charge is -2.05. The molecule has 0 saturated heterocycles. The highest BCUT2D eigenvalue weighted by Gasteiger charge is 2.21. The third kappa shape index (κ3) is 3.62. The van der Waals surface area contributed by atoms with Crippen molar-refractivity contribution in [2.45, 2.75) is 32.4 Å². The number of aromatic nitrogens is 8. The zero-order valence-corrected chi connectivity index (χ0v) is 16.0. The molecule has 0 bridgehead atoms. The molecule has 152 valence electrons. The number of nitrogens with one attached hydrogen (secondary N) is 3. The summed E-state index contributed by atoms with van der Waals surface area (Å²) in [5.74, 6) is 0.110. The lowest BCUT2D eigenvalue weighted by atomic mass is 10.3. The number of fused-ring (bicyclic) bond motifs is 1. The minimum absolute atomic E-state index is 0.235. The van der Waals surface area contributed by atoms with E-state index in [1.165, 1.54) is 0 Å². The molecule has 1 fully saturated rings. The van der Waals surface area contributed by atoms with Gasteiger partial charge in [0.1, 0.15) is 5.69 Å². The molecular weight excluding hydrogens is 388 g/mol. The van der Waals surface area contributed by atoms with Crippen LogP contribution in [-0.4, -0.2) is 50.7 Å². The second-order valence-electron chi connectivity index (χ2n) is 7.03. The average Bonchev–Trinajstić information content (AvgIpc) is 3.36. The van der Waals surface area contributed by atoms with Crippen LogP contribution in [0.1, 0.15) is 29.9 Å². The molecule has 0 amide bonds. The van der Waals surface area contributed by atoms with E-state index in [9.17, 15) is 9.90 Å². The molecule has 30 heavy (non-hydrogen) atoms. The summed E-state index contributed by atoms with van der Waals surface area (Å²) in [4.78, 5) is 38.4. The summed E-state index contributed by atoms with van der Waals surface area (Å²) >= 11 is 0. The van der Waals surface area contributed by atoms with Crippen molar-refractivity contribution in [2.75, 3.05) is 5.32 Å². The Hall–Kier alpha value is -4.09. The number of aryl methyl sites for hydroxylation is 1. The van der Waals surface area contributed by atoms with Crippen molar-refractivity contribution in [1.82, 2.24) is 39.5 Å². The van der Waals surface area contributed by atoms with E-state index in [1.54, 1.807) is 29.2 Å². The molecule has 1 saturated carbocycles. The van der Waals surface area contributed by atoms with Crippen LogP contribution in [0.25, 0.3) is 11.7 Å². The molecule has 1 aliphatic carbocycles. The average molecular weight is 406 g/mol. The van der Waals surface area contributed by atoms with E-state index in [1.807, 2.05) is 6.92 Å². The first-order valence-corrected chi connectivity index (χ1v) is 9.39. The summed E-state index contributed by atoms with van der Waals surface area (Å²) in [5, 5.41) is 17.9. The van der Waals surface area contributed by atoms with Crippen molar-refractivity contribution in [1.29, 1.82) is 0 Å². The second-order valence-corrected chi connectivity index (χ2v) is 7.03. The summed E-state index contributed by atoms with van der Waals surface area (Å²) in [6, 6.07) is 0.237. The number of aromatic hydroxyl groups is 1. The number of rotatable bonds is 5. The predicted octanol–water partition coefficient (Wildman–Crippen LogP) is -0.832. The molecule has 0 aliphatic heterocycles. The van der Waals surface area contributed by atoms with Crippen LogP contribution in [0, 0.1) is 6.92 Å². The van der Waals surface area contributed by atoms with Gasteiger partial charge in [0.05, 0.1) is 36.4 Å². The van der Waals surface area contributed by atoms with Gasteiger partial charge >= 0.3 is 5.69 Å². The van der Waals surface area contributed by atoms with Crippen molar-refractivity contribution in [2.24, 2.45) is 4.99 Å². The maximum atomic E-state index is 11.4. The van der Waals surface area contributed by atoms with Gasteiger partial charge in [0, 0.05) is 11.4 Å². The first-order chi connectivity index (χ1) is 14.5. The zero-order valence-electron chi connectivity index (χ0n) is 16.0. The fourth-order valence-electron chi connectivity index (χ4n) is 2.84. The molecule has 0 atom stereocenters. The molecular formula is C18H18N10O2. The minimum atomic E-state index is -0.504. The fourth-order valence-corrected chi connectivity index (χ4v) is 2.84. The van der Waals surface area contributed by atoms with E-state index in [0.29, 0.717) is 29.0 Å². The standard InChI is InChI=1S/C18H18N10O2/c1-9-5-20-12(7-19-9)8-21-16-25-14-10(4-13-15(29)26-18(30)24-13)6-22-28(14)17(27-16)23-11-2-3-11/h4-7,11,29H,2-3,8H2,1H3,(H,21,23,27)(H2,24,26,30)/b10-4+. The molecule has 0 unspecified atom stereocenters. The number of anilines is 1. The smallest absolute Gasteiger partial charge is 0.326 e. The molecule has 4 N–H and O–H groups in total. The topological polar surface area (TPSA) is 162 Å². The highest BCUT2D eigenvalue weighted by molar-refractivity contribution is 5.57. The van der Waals surface area contributed by atoms with E-state index < -0.39 is 5.69 Å². The number of imidazole rings is 1. The first kappa shape index (κ1) is 18.0. The Kier molecular flexibility index (Phi) is 4.23. The molecule has 5 rings (SSSR count). The quantitative estimate of drug-likeness (QED) is 0.334. The van der Waals surface area contributed by atoms with Crippen LogP contribution >= 0.6 is 0 Å². The van der Waals surface area contributed by atoms with Crippen LogP contribution in [0.4, 0.5) is 5.95 Å². The first-order valence-electron chi connectivity index (χ1n) is 9.39. The highest BCUT2D eigenvalue weighted by Crippen LogP contribution is 2.22. The van der Waals surface area contributed by atoms with Crippen LogP contribution < -0.4 is 21.8 Å². The van der Waals surface area contributed by atoms with Crippen LogP contribution in [-0.2, 0) is 6.54 Å². The zero-order chi connectivity index (χ0) is 20.7. The summed E-state index contributed by atoms with van der Waals surface area (Å²) in [5.41, 5.74) is 2.25. The largest absolute Gasteiger partial charge is 0.493 e. The molecule has 12 nitrogen and oxygen atoms in total. The number of aromatic amines is 2. The van der Waals surface area contributed by atoms with Crippen LogP contribution in [0.2, 0.25) is 0 Å². The van der Waals surface area contributed by atoms with Gasteiger partial charge in [-0.3, -0.25) is 15.0 Å². The third-order valence-corrected chi connectivity index (χ3v) is 4.52. The summed E-state index contributed by atoms with van der Waals surface area (Å²) in [7, 11) is 0. The Balaban J connectivity index is 1.58. The van der Waals surface area contributed by atoms with Gasteiger partial charge in [-0.1, -0.05) is 0 Å². The Morgan fingerprint density at radius 3 is 2.83 bits per heavy atom. The van der Waals surface area contributed by atoms with Crippen LogP contribution in [0.3, 0.4) is 0 Å². The van der Waals surface area contributed by atoms with Crippen LogP contribution in [0.5, 0.6) is 5.88 Å². The Morgan fingerprint density at radius 2 is 2.13 bits per heavy atom. The van der Waals surface area contributed by atoms with E-state index >= 15 is 0 Å². The molecule has 4 heterocycles. The SMILES string of the molecule is Cc1cnc(CNc2nc(=NC3CC3)n3nc/c(=C\c4[nH]c(=O)[nH]c4O)c3n2)cn1. The number of hydrogen-bond donors (Lipinski definition) is 4. The summed E-state index contributed by atoms with van der Waals surface area (Å²) < 4.78 is 1.54. The third-order valence-electron chi connectivity index (χ3n) is 4.52. The molecule has 1 aliphatic rings. The van der Waals surface area contributed by atoms with Gasteiger partial charge in [0.2, 0.25) is 11.8 Å². The Morgan fingerprint density at radius 1 is 1.27 bits per heavy atom. The molecule has 4 aromatic heterocycles. The van der Waals surface area contributed by atoms with Gasteiger partial charge in [0.15, 0.2) is 5.65 Å². The van der Waals surface area contributed by atoms with E-state index in [-0.39, 0.29) is 17.6 Å². The normalized spacial score (nSPS) is 15.2. The number of H-pyrrole nitrogens is 2. The van der Waals surface area contributed by atoms with Crippen molar-refractivity contribution in [3.8, 4) is 5.88 Å². The van der Waals surface area contributed by atoms with Crippen molar-refractivity contribution in [3.05, 3.63) is 57.0 Å². The van der Waals surface area contributed by atoms with Gasteiger partial charge in [0.25, 0.3) is 5.62 Å². The fraction of sp³-hybridized carbons (Fsp3) is 0.278. The molecule has 0 aromatic carbocycles. The number of hydrogen-bond acceptors (Lipinski definition) is 9. The Labute approximate surface area is 168 Å². The van der Waals surface area contributed by atoms with Gasteiger partial charge in [-0.2, -0.15) is 19.6 Å². The van der Waals surface area contributed by atoms with Crippen LogP contribution in [0.15, 0.2) is 28.4 Å². The maximum absolute atomic E-state index is 11.4. The van der Waals surface area contributed by atoms with Crippen molar-refractivity contribution < 1.29 is 5.11 Å². The van der Waals surface area contributed by atoms with Gasteiger partial charge in [-0.25, -0.2) is 9.79 Å². The van der Waals surface area contributed by atoms with Gasteiger partial charge < -0.3 is 15.4 Å². The molecule has 4 aromatic rings. The molecule has 12 heteroatoms. The maximum Gasteiger partial charge on any atom is 0.326 e. The second kappa shape index (κ2) is 7.06. The van der Waals surface area contributed by atoms with Gasteiger partial charge in [-0.15, -0.1) is 0 Å². The number of nitrogens with zero attached hydrogens (tertiary/aromatic N) is 7. The summed E-state index contributed by atoms with van der Waals surface area (Å²) in [6.45, 7) is 2.27. The van der Waals surface area contributed by atoms with E-state index in [4.69, 9.17) is 0 Å². The minimum Gasteiger partial charge on any atom is -0.493 e. The molecule has 0 spiro atoms. The predicted molar refractivity (Wildman–Crippen MR) is 105 cm³/mol. The lowest BCUT2D eigenvalue weighted by Crippen LogP contribution is -2.24. The van der Waals surface area contributed by atoms with Gasteiger partial charge in [-0.05, 0) is 25.8 Å². The lowest BCUT2D eigenvalue weighted by molar-refractivity contribution is 0.454. The van der Waals surface area contributed by atoms with E-state index in [0.717, 1.165) is 24.2 Å². The monoisotopic (exact) mass is 406 g/mol. The molecule has 0 radical (unpaired) electrons. The Bertz CT molecular complexity index is 1400. The highest BCUT2D eigenvalue weighted by atomic mass is 16.3.